The second-order valence-corrected chi connectivity index (χ2v) is 8.93. The van der Waals surface area contributed by atoms with E-state index < -0.39 is 60.2 Å². The third-order valence-corrected chi connectivity index (χ3v) is 6.04. The van der Waals surface area contributed by atoms with Gasteiger partial charge in [0.2, 0.25) is 17.7 Å². The van der Waals surface area contributed by atoms with Crippen LogP contribution < -0.4 is 21.7 Å². The van der Waals surface area contributed by atoms with Crippen LogP contribution in [-0.2, 0) is 36.8 Å². The van der Waals surface area contributed by atoms with Crippen LogP contribution in [0.15, 0.2) is 25.0 Å². The zero-order chi connectivity index (χ0) is 28.2. The molecule has 2 aromatic rings. The van der Waals surface area contributed by atoms with Gasteiger partial charge in [-0.25, -0.2) is 14.8 Å². The first-order valence-corrected chi connectivity index (χ1v) is 12.1. The second-order valence-electron chi connectivity index (χ2n) is 8.93. The summed E-state index contributed by atoms with van der Waals surface area (Å²) in [7, 11) is 0. The van der Waals surface area contributed by atoms with Gasteiger partial charge in [-0.15, -0.1) is 0 Å². The highest BCUT2D eigenvalue weighted by Crippen LogP contribution is 2.08. The van der Waals surface area contributed by atoms with Crippen molar-refractivity contribution in [3.8, 4) is 0 Å². The average Bonchev–Trinajstić information content (AvgIpc) is 3.58. The van der Waals surface area contributed by atoms with Crippen LogP contribution >= 0.6 is 0 Å². The van der Waals surface area contributed by atoms with E-state index in [0.29, 0.717) is 17.8 Å². The number of rotatable bonds is 16. The lowest BCUT2D eigenvalue weighted by molar-refractivity contribution is -0.142. The molecule has 208 valence electrons. The smallest absolute Gasteiger partial charge is 0.326 e. The van der Waals surface area contributed by atoms with Crippen LogP contribution in [0.25, 0.3) is 0 Å². The molecule has 38 heavy (non-hydrogen) atoms. The molecular weight excluding hydrogens is 500 g/mol. The summed E-state index contributed by atoms with van der Waals surface area (Å²) >= 11 is 0. The molecule has 0 radical (unpaired) electrons. The minimum atomic E-state index is -1.33. The Morgan fingerprint density at radius 2 is 1.37 bits per heavy atom. The number of amides is 3. The first-order valence-electron chi connectivity index (χ1n) is 12.1. The number of carboxylic acids is 2. The summed E-state index contributed by atoms with van der Waals surface area (Å²) < 4.78 is 0. The number of carbonyl (C=O) groups is 5. The van der Waals surface area contributed by atoms with Gasteiger partial charge in [-0.3, -0.25) is 19.2 Å². The molecule has 2 rings (SSSR count). The maximum Gasteiger partial charge on any atom is 0.326 e. The molecule has 0 aliphatic carbocycles. The fraction of sp³-hybridized carbons (Fsp3) is 0.522. The number of imidazole rings is 2. The van der Waals surface area contributed by atoms with E-state index in [9.17, 15) is 29.1 Å². The van der Waals surface area contributed by atoms with Gasteiger partial charge in [0, 0.05) is 43.0 Å². The first-order chi connectivity index (χ1) is 18.0. The molecule has 2 aromatic heterocycles. The fourth-order valence-corrected chi connectivity index (χ4v) is 3.50. The van der Waals surface area contributed by atoms with Gasteiger partial charge in [0.05, 0.1) is 18.7 Å². The molecular formula is C23H34N8O7. The second kappa shape index (κ2) is 14.5. The number of nitrogens with one attached hydrogen (secondary N) is 5. The van der Waals surface area contributed by atoms with Crippen molar-refractivity contribution in [3.05, 3.63) is 36.4 Å². The SMILES string of the molecule is CCC(C)C(N)C(=O)NC(CCC(=O)O)C(=O)NC(Cc1cnc[nH]1)C(=O)NC(Cc1cnc[nH]1)C(=O)O. The zero-order valence-electron chi connectivity index (χ0n) is 21.1. The van der Waals surface area contributed by atoms with Crippen LogP contribution in [0.2, 0.25) is 0 Å². The largest absolute Gasteiger partial charge is 0.481 e. The van der Waals surface area contributed by atoms with Gasteiger partial charge in [0.1, 0.15) is 18.1 Å². The van der Waals surface area contributed by atoms with Crippen LogP contribution in [0, 0.1) is 5.92 Å². The van der Waals surface area contributed by atoms with Crippen LogP contribution in [-0.4, -0.2) is 84.0 Å². The predicted molar refractivity (Wildman–Crippen MR) is 132 cm³/mol. The van der Waals surface area contributed by atoms with Crippen molar-refractivity contribution < 1.29 is 34.2 Å². The van der Waals surface area contributed by atoms with E-state index in [4.69, 9.17) is 10.8 Å². The quantitative estimate of drug-likeness (QED) is 0.126. The summed E-state index contributed by atoms with van der Waals surface area (Å²) in [5.41, 5.74) is 6.90. The molecule has 0 bridgehead atoms. The molecule has 0 fully saturated rings. The highest BCUT2D eigenvalue weighted by Gasteiger charge is 2.32. The highest BCUT2D eigenvalue weighted by molar-refractivity contribution is 5.94. The van der Waals surface area contributed by atoms with Crippen LogP contribution in [0.3, 0.4) is 0 Å². The van der Waals surface area contributed by atoms with E-state index in [1.54, 1.807) is 6.92 Å². The van der Waals surface area contributed by atoms with Crippen molar-refractivity contribution in [1.29, 1.82) is 0 Å². The summed E-state index contributed by atoms with van der Waals surface area (Å²) in [5.74, 6) is -4.94. The standard InChI is InChI=1S/C23H34N8O7/c1-3-12(2)19(24)22(36)29-15(4-5-18(32)33)20(34)30-16(6-13-8-25-10-27-13)21(35)31-17(23(37)38)7-14-9-26-11-28-14/h8-12,15-17,19H,3-7,24H2,1-2H3,(H,25,27)(H,26,28)(H,29,36)(H,30,34)(H,31,35)(H,32,33)(H,37,38). The van der Waals surface area contributed by atoms with Crippen molar-refractivity contribution in [1.82, 2.24) is 35.9 Å². The summed E-state index contributed by atoms with van der Waals surface area (Å²) in [6, 6.07) is -4.84. The molecule has 3 amide bonds. The Morgan fingerprint density at radius 1 is 0.868 bits per heavy atom. The Hall–Kier alpha value is -4.27. The minimum Gasteiger partial charge on any atom is -0.481 e. The topological polar surface area (TPSA) is 245 Å². The normalized spacial score (nSPS) is 14.9. The lowest BCUT2D eigenvalue weighted by atomic mass is 9.98. The summed E-state index contributed by atoms with van der Waals surface area (Å²) in [6.45, 7) is 3.62. The van der Waals surface area contributed by atoms with Crippen molar-refractivity contribution in [3.63, 3.8) is 0 Å². The van der Waals surface area contributed by atoms with Crippen molar-refractivity contribution >= 4 is 29.7 Å². The van der Waals surface area contributed by atoms with Crippen molar-refractivity contribution in [2.24, 2.45) is 11.7 Å². The maximum absolute atomic E-state index is 13.2. The van der Waals surface area contributed by atoms with E-state index in [2.05, 4.69) is 35.9 Å². The van der Waals surface area contributed by atoms with E-state index in [-0.39, 0.29) is 25.2 Å². The van der Waals surface area contributed by atoms with Gasteiger partial charge in [-0.2, -0.15) is 0 Å². The zero-order valence-corrected chi connectivity index (χ0v) is 21.1. The number of hydrogen-bond acceptors (Lipinski definition) is 8. The lowest BCUT2D eigenvalue weighted by Crippen LogP contribution is -2.58. The molecule has 5 atom stereocenters. The molecule has 0 saturated carbocycles. The van der Waals surface area contributed by atoms with Crippen LogP contribution in [0.1, 0.15) is 44.5 Å². The number of nitrogens with zero attached hydrogens (tertiary/aromatic N) is 2. The molecule has 0 spiro atoms. The molecule has 0 saturated heterocycles. The van der Waals surface area contributed by atoms with Gasteiger partial charge in [0.25, 0.3) is 0 Å². The number of aromatic nitrogens is 4. The maximum atomic E-state index is 13.2. The third-order valence-electron chi connectivity index (χ3n) is 6.04. The van der Waals surface area contributed by atoms with Gasteiger partial charge < -0.3 is 41.9 Å². The van der Waals surface area contributed by atoms with E-state index >= 15 is 0 Å². The number of hydrogen-bond donors (Lipinski definition) is 8. The highest BCUT2D eigenvalue weighted by atomic mass is 16.4. The molecule has 0 aliphatic heterocycles. The monoisotopic (exact) mass is 534 g/mol. The van der Waals surface area contributed by atoms with E-state index in [1.807, 2.05) is 6.92 Å². The fourth-order valence-electron chi connectivity index (χ4n) is 3.50. The molecule has 15 nitrogen and oxygen atoms in total. The molecule has 2 heterocycles. The number of aliphatic carboxylic acids is 2. The average molecular weight is 535 g/mol. The summed E-state index contributed by atoms with van der Waals surface area (Å²) in [6.07, 6.45) is 5.35. The Balaban J connectivity index is 2.21. The van der Waals surface area contributed by atoms with Gasteiger partial charge >= 0.3 is 11.9 Å². The molecule has 0 aromatic carbocycles. The number of carboxylic acid groups (broad SMARTS) is 2. The Morgan fingerprint density at radius 3 is 1.84 bits per heavy atom. The number of carbonyl (C=O) groups excluding carboxylic acids is 3. The molecule has 15 heteroatoms. The lowest BCUT2D eigenvalue weighted by Gasteiger charge is -2.25. The minimum absolute atomic E-state index is 0.0834. The van der Waals surface area contributed by atoms with E-state index in [0.717, 1.165) is 0 Å². The number of H-pyrrole nitrogens is 2. The third kappa shape index (κ3) is 9.31. The van der Waals surface area contributed by atoms with Crippen molar-refractivity contribution in [2.45, 2.75) is 70.1 Å². The number of nitrogens with two attached hydrogens (primary N) is 1. The summed E-state index contributed by atoms with van der Waals surface area (Å²) in [4.78, 5) is 75.1. The van der Waals surface area contributed by atoms with Gasteiger partial charge in [0.15, 0.2) is 0 Å². The first kappa shape index (κ1) is 30.0. The summed E-state index contributed by atoms with van der Waals surface area (Å²) in [5, 5.41) is 26.1. The Labute approximate surface area is 218 Å². The van der Waals surface area contributed by atoms with Crippen molar-refractivity contribution in [2.75, 3.05) is 0 Å². The predicted octanol–water partition coefficient (Wildman–Crippen LogP) is -1.30. The Kier molecular flexibility index (Phi) is 11.4. The van der Waals surface area contributed by atoms with Gasteiger partial charge in [-0.1, -0.05) is 20.3 Å². The van der Waals surface area contributed by atoms with Gasteiger partial charge in [-0.05, 0) is 12.3 Å². The van der Waals surface area contributed by atoms with Crippen LogP contribution in [0.4, 0.5) is 0 Å². The van der Waals surface area contributed by atoms with E-state index in [1.165, 1.54) is 25.0 Å². The number of aromatic amines is 2. The molecule has 5 unspecified atom stereocenters. The molecule has 0 aliphatic rings. The molecule has 9 N–H and O–H groups in total. The van der Waals surface area contributed by atoms with Crippen LogP contribution in [0.5, 0.6) is 0 Å². The Bertz CT molecular complexity index is 1070.